The summed E-state index contributed by atoms with van der Waals surface area (Å²) in [7, 11) is 0. The van der Waals surface area contributed by atoms with E-state index in [4.69, 9.17) is 4.84 Å². The first-order valence-corrected chi connectivity index (χ1v) is 10.3. The number of rotatable bonds is 8. The fourth-order valence-corrected chi connectivity index (χ4v) is 3.26. The Balaban J connectivity index is 1.45. The fourth-order valence-electron chi connectivity index (χ4n) is 3.26. The number of benzene rings is 2. The van der Waals surface area contributed by atoms with Crippen molar-refractivity contribution in [1.29, 1.82) is 0 Å². The summed E-state index contributed by atoms with van der Waals surface area (Å²) in [5.74, 6) is -0.275. The van der Waals surface area contributed by atoms with Crippen LogP contribution in [-0.4, -0.2) is 23.0 Å². The van der Waals surface area contributed by atoms with Crippen molar-refractivity contribution in [2.24, 2.45) is 0 Å². The summed E-state index contributed by atoms with van der Waals surface area (Å²) in [5, 5.41) is 4.83. The van der Waals surface area contributed by atoms with Gasteiger partial charge in [-0.05, 0) is 69.5 Å². The third-order valence-electron chi connectivity index (χ3n) is 4.77. The summed E-state index contributed by atoms with van der Waals surface area (Å²) in [4.78, 5) is 20.5. The third-order valence-corrected chi connectivity index (χ3v) is 4.77. The first kappa shape index (κ1) is 21.8. The van der Waals surface area contributed by atoms with E-state index in [2.05, 4.69) is 59.1 Å². The summed E-state index contributed by atoms with van der Waals surface area (Å²) >= 11 is 0. The van der Waals surface area contributed by atoms with Crippen molar-refractivity contribution in [2.75, 3.05) is 6.54 Å². The van der Waals surface area contributed by atoms with Gasteiger partial charge in [0.1, 0.15) is 0 Å². The number of aromatic amines is 1. The van der Waals surface area contributed by atoms with Gasteiger partial charge in [0, 0.05) is 29.2 Å². The Bertz CT molecular complexity index is 1010. The van der Waals surface area contributed by atoms with Gasteiger partial charge in [0.25, 0.3) is 5.91 Å². The summed E-state index contributed by atoms with van der Waals surface area (Å²) in [6, 6.07) is 16.6. The van der Waals surface area contributed by atoms with Gasteiger partial charge in [-0.3, -0.25) is 9.63 Å². The van der Waals surface area contributed by atoms with Gasteiger partial charge >= 0.3 is 0 Å². The molecule has 3 N–H and O–H groups in total. The van der Waals surface area contributed by atoms with Crippen LogP contribution in [0.1, 0.15) is 43.2 Å². The largest absolute Gasteiger partial charge is 0.358 e. The van der Waals surface area contributed by atoms with Crippen molar-refractivity contribution >= 4 is 22.9 Å². The molecule has 0 aliphatic carbocycles. The number of carbonyl (C=O) groups excluding carboxylic acids is 1. The van der Waals surface area contributed by atoms with E-state index in [1.165, 1.54) is 33.8 Å². The smallest absolute Gasteiger partial charge is 0.267 e. The van der Waals surface area contributed by atoms with Crippen molar-refractivity contribution in [2.45, 2.75) is 46.3 Å². The minimum absolute atomic E-state index is 0.275. The van der Waals surface area contributed by atoms with Crippen LogP contribution >= 0.6 is 0 Å². The first-order chi connectivity index (χ1) is 14.3. The maximum Gasteiger partial charge on any atom is 0.267 e. The molecule has 30 heavy (non-hydrogen) atoms. The lowest BCUT2D eigenvalue weighted by molar-refractivity contribution is -0.140. The Kier molecular flexibility index (Phi) is 7.08. The average molecular weight is 406 g/mol. The molecule has 3 rings (SSSR count). The van der Waals surface area contributed by atoms with E-state index in [0.29, 0.717) is 0 Å². The molecule has 1 aromatic heterocycles. The van der Waals surface area contributed by atoms with Crippen LogP contribution in [0.25, 0.3) is 17.0 Å². The van der Waals surface area contributed by atoms with Gasteiger partial charge in [-0.15, -0.1) is 0 Å². The predicted octanol–water partition coefficient (Wildman–Crippen LogP) is 4.67. The van der Waals surface area contributed by atoms with Gasteiger partial charge in [-0.2, -0.15) is 0 Å². The van der Waals surface area contributed by atoms with Crippen LogP contribution in [0.5, 0.6) is 0 Å². The highest BCUT2D eigenvalue weighted by Crippen LogP contribution is 2.22. The molecule has 0 saturated heterocycles. The molecule has 1 heterocycles. The van der Waals surface area contributed by atoms with E-state index in [1.54, 1.807) is 6.08 Å². The monoisotopic (exact) mass is 405 g/mol. The molecule has 0 bridgehead atoms. The van der Waals surface area contributed by atoms with Gasteiger partial charge in [-0.1, -0.05) is 42.5 Å². The molecule has 0 aliphatic heterocycles. The van der Waals surface area contributed by atoms with Crippen molar-refractivity contribution in [3.8, 4) is 0 Å². The maximum atomic E-state index is 11.8. The number of amides is 1. The number of aromatic nitrogens is 1. The van der Waals surface area contributed by atoms with Crippen LogP contribution in [0.4, 0.5) is 0 Å². The summed E-state index contributed by atoms with van der Waals surface area (Å²) < 4.78 is 0. The van der Waals surface area contributed by atoms with Gasteiger partial charge in [0.05, 0.1) is 5.60 Å². The molecule has 0 spiro atoms. The second-order valence-electron chi connectivity index (χ2n) is 8.46. The zero-order valence-corrected chi connectivity index (χ0v) is 18.2. The SMILES string of the molecule is Cc1[nH]c2ccccc2c1CCNCc1ccc(/C=C/C(=O)NOC(C)(C)C)cc1. The quantitative estimate of drug-likeness (QED) is 0.290. The zero-order chi connectivity index (χ0) is 21.6. The molecule has 0 radical (unpaired) electrons. The van der Waals surface area contributed by atoms with E-state index in [9.17, 15) is 4.79 Å². The highest BCUT2D eigenvalue weighted by Gasteiger charge is 2.11. The van der Waals surface area contributed by atoms with E-state index < -0.39 is 5.60 Å². The molecule has 0 unspecified atom stereocenters. The number of fused-ring (bicyclic) bond motifs is 1. The molecule has 0 fully saturated rings. The Labute approximate surface area is 178 Å². The van der Waals surface area contributed by atoms with Crippen LogP contribution in [0.2, 0.25) is 0 Å². The standard InChI is InChI=1S/C25H31N3O2/c1-18-21(22-7-5-6-8-23(22)27-18)15-16-26-17-20-11-9-19(10-12-20)13-14-24(29)28-30-25(2,3)4/h5-14,26-27H,15-17H2,1-4H3,(H,28,29)/b14-13+. The molecule has 158 valence electrons. The Morgan fingerprint density at radius 2 is 1.83 bits per heavy atom. The van der Waals surface area contributed by atoms with Crippen molar-refractivity contribution in [1.82, 2.24) is 15.8 Å². The van der Waals surface area contributed by atoms with Gasteiger partial charge in [0.2, 0.25) is 0 Å². The minimum Gasteiger partial charge on any atom is -0.358 e. The van der Waals surface area contributed by atoms with Crippen LogP contribution in [-0.2, 0) is 22.6 Å². The molecule has 0 atom stereocenters. The lowest BCUT2D eigenvalue weighted by Gasteiger charge is -2.17. The second-order valence-corrected chi connectivity index (χ2v) is 8.46. The molecule has 0 saturated carbocycles. The van der Waals surface area contributed by atoms with Gasteiger partial charge < -0.3 is 10.3 Å². The van der Waals surface area contributed by atoms with E-state index >= 15 is 0 Å². The first-order valence-electron chi connectivity index (χ1n) is 10.3. The third kappa shape index (κ3) is 6.31. The summed E-state index contributed by atoms with van der Waals surface area (Å²) in [6.45, 7) is 9.50. The molecule has 1 amide bonds. The Morgan fingerprint density at radius 1 is 1.10 bits per heavy atom. The molecule has 2 aromatic carbocycles. The van der Waals surface area contributed by atoms with Crippen molar-refractivity contribution in [3.63, 3.8) is 0 Å². The number of para-hydroxylation sites is 1. The molecule has 3 aromatic rings. The lowest BCUT2D eigenvalue weighted by atomic mass is 10.1. The normalized spacial score (nSPS) is 12.0. The molecule has 5 nitrogen and oxygen atoms in total. The number of hydroxylamine groups is 1. The molecule has 5 heteroatoms. The van der Waals surface area contributed by atoms with Crippen LogP contribution in [0.15, 0.2) is 54.6 Å². The zero-order valence-electron chi connectivity index (χ0n) is 18.2. The molecule has 0 aliphatic rings. The molecular weight excluding hydrogens is 374 g/mol. The average Bonchev–Trinajstić information content (AvgIpc) is 3.03. The number of aryl methyl sites for hydroxylation is 1. The van der Waals surface area contributed by atoms with Crippen molar-refractivity contribution < 1.29 is 9.63 Å². The van der Waals surface area contributed by atoms with E-state index in [-0.39, 0.29) is 5.91 Å². The predicted molar refractivity (Wildman–Crippen MR) is 123 cm³/mol. The second kappa shape index (κ2) is 9.74. The highest BCUT2D eigenvalue weighted by molar-refractivity contribution is 5.91. The van der Waals surface area contributed by atoms with Crippen LogP contribution < -0.4 is 10.8 Å². The van der Waals surface area contributed by atoms with Gasteiger partial charge in [-0.25, -0.2) is 5.48 Å². The minimum atomic E-state index is -0.412. The number of H-pyrrole nitrogens is 1. The number of carbonyl (C=O) groups is 1. The highest BCUT2D eigenvalue weighted by atomic mass is 16.7. The number of hydrogen-bond donors (Lipinski definition) is 3. The topological polar surface area (TPSA) is 66.2 Å². The van der Waals surface area contributed by atoms with Gasteiger partial charge in [0.15, 0.2) is 0 Å². The number of hydrogen-bond acceptors (Lipinski definition) is 3. The number of nitrogens with one attached hydrogen (secondary N) is 3. The Hall–Kier alpha value is -2.89. The van der Waals surface area contributed by atoms with Crippen LogP contribution in [0.3, 0.4) is 0 Å². The lowest BCUT2D eigenvalue weighted by Crippen LogP contribution is -2.32. The van der Waals surface area contributed by atoms with E-state index in [0.717, 1.165) is 25.1 Å². The van der Waals surface area contributed by atoms with Crippen molar-refractivity contribution in [3.05, 3.63) is 77.0 Å². The fraction of sp³-hybridized carbons (Fsp3) is 0.320. The van der Waals surface area contributed by atoms with Crippen LogP contribution in [0, 0.1) is 6.92 Å². The summed E-state index contributed by atoms with van der Waals surface area (Å²) in [6.07, 6.45) is 4.24. The summed E-state index contributed by atoms with van der Waals surface area (Å²) in [5.41, 5.74) is 8.02. The Morgan fingerprint density at radius 3 is 2.57 bits per heavy atom. The maximum absolute atomic E-state index is 11.8. The van der Waals surface area contributed by atoms with E-state index in [1.807, 2.05) is 32.9 Å². The molecular formula is C25H31N3O2.